The molecule has 0 unspecified atom stereocenters. The quantitative estimate of drug-likeness (QED) is 0.477. The molecule has 0 saturated carbocycles. The van der Waals surface area contributed by atoms with E-state index in [1.807, 2.05) is 61.5 Å². The van der Waals surface area contributed by atoms with Crippen LogP contribution < -0.4 is 16.0 Å². The molecule has 2 fully saturated rings. The number of benzene rings is 2. The van der Waals surface area contributed by atoms with Crippen molar-refractivity contribution in [1.82, 2.24) is 25.8 Å². The first-order valence-electron chi connectivity index (χ1n) is 13.7. The van der Waals surface area contributed by atoms with Crippen LogP contribution in [-0.4, -0.2) is 77.7 Å². The molecule has 0 radical (unpaired) electrons. The van der Waals surface area contributed by atoms with Crippen molar-refractivity contribution in [3.8, 4) is 0 Å². The van der Waals surface area contributed by atoms with Crippen molar-refractivity contribution < 1.29 is 19.2 Å². The fourth-order valence-corrected chi connectivity index (χ4v) is 5.29. The number of carbonyl (C=O) groups is 4. The molecule has 0 aliphatic carbocycles. The van der Waals surface area contributed by atoms with E-state index in [1.54, 1.807) is 23.8 Å². The van der Waals surface area contributed by atoms with Crippen LogP contribution in [0.4, 0.5) is 0 Å². The van der Waals surface area contributed by atoms with Crippen LogP contribution in [0, 0.1) is 6.92 Å². The van der Waals surface area contributed by atoms with Gasteiger partial charge in [0.15, 0.2) is 0 Å². The summed E-state index contributed by atoms with van der Waals surface area (Å²) in [5.74, 6) is -0.934. The van der Waals surface area contributed by atoms with Crippen LogP contribution in [0.3, 0.4) is 0 Å². The van der Waals surface area contributed by atoms with Gasteiger partial charge in [0.1, 0.15) is 12.1 Å². The predicted molar refractivity (Wildman–Crippen MR) is 148 cm³/mol. The molecular weight excluding hydrogens is 494 g/mol. The highest BCUT2D eigenvalue weighted by Gasteiger charge is 2.45. The summed E-state index contributed by atoms with van der Waals surface area (Å²) < 4.78 is 0. The third-order valence-electron chi connectivity index (χ3n) is 7.77. The zero-order valence-corrected chi connectivity index (χ0v) is 23.0. The van der Waals surface area contributed by atoms with Gasteiger partial charge >= 0.3 is 0 Å². The van der Waals surface area contributed by atoms with Crippen LogP contribution in [-0.2, 0) is 32.1 Å². The number of aryl methyl sites for hydroxylation is 1. The van der Waals surface area contributed by atoms with Crippen molar-refractivity contribution in [2.75, 3.05) is 20.1 Å². The van der Waals surface area contributed by atoms with E-state index < -0.39 is 18.1 Å². The molecule has 2 aliphatic heterocycles. The lowest BCUT2D eigenvalue weighted by Crippen LogP contribution is -2.62. The lowest BCUT2D eigenvalue weighted by Gasteiger charge is -2.39. The average Bonchev–Trinajstić information content (AvgIpc) is 3.36. The summed E-state index contributed by atoms with van der Waals surface area (Å²) in [4.78, 5) is 56.7. The molecule has 39 heavy (non-hydrogen) atoms. The third-order valence-corrected chi connectivity index (χ3v) is 7.77. The molecule has 2 aliphatic rings. The van der Waals surface area contributed by atoms with Gasteiger partial charge in [-0.1, -0.05) is 60.2 Å². The minimum atomic E-state index is -0.943. The van der Waals surface area contributed by atoms with Gasteiger partial charge in [0.2, 0.25) is 23.6 Å². The highest BCUT2D eigenvalue weighted by atomic mass is 16.2. The second-order valence-electron chi connectivity index (χ2n) is 10.6. The van der Waals surface area contributed by atoms with Gasteiger partial charge in [0, 0.05) is 25.7 Å². The van der Waals surface area contributed by atoms with Gasteiger partial charge in [-0.3, -0.25) is 19.2 Å². The van der Waals surface area contributed by atoms with E-state index in [-0.39, 0.29) is 42.6 Å². The normalized spacial score (nSPS) is 21.9. The first-order chi connectivity index (χ1) is 18.8. The number of hydrogen-bond acceptors (Lipinski definition) is 5. The highest BCUT2D eigenvalue weighted by molar-refractivity contribution is 5.94. The number of hydrogen-bond donors (Lipinski definition) is 3. The zero-order chi connectivity index (χ0) is 27.9. The van der Waals surface area contributed by atoms with E-state index in [0.29, 0.717) is 32.4 Å². The summed E-state index contributed by atoms with van der Waals surface area (Å²) in [7, 11) is 1.67. The van der Waals surface area contributed by atoms with Crippen LogP contribution in [0.1, 0.15) is 42.9 Å². The minimum Gasteiger partial charge on any atom is -0.350 e. The van der Waals surface area contributed by atoms with Crippen LogP contribution in [0.5, 0.6) is 0 Å². The van der Waals surface area contributed by atoms with E-state index in [0.717, 1.165) is 16.7 Å². The molecule has 2 aromatic carbocycles. The monoisotopic (exact) mass is 533 g/mol. The maximum Gasteiger partial charge on any atom is 0.247 e. The van der Waals surface area contributed by atoms with E-state index in [4.69, 9.17) is 0 Å². The first kappa shape index (κ1) is 28.3. The molecule has 2 aromatic rings. The molecule has 208 valence electrons. The molecule has 4 amide bonds. The van der Waals surface area contributed by atoms with Crippen molar-refractivity contribution >= 4 is 23.6 Å². The third kappa shape index (κ3) is 7.03. The van der Waals surface area contributed by atoms with Gasteiger partial charge in [-0.05, 0) is 51.3 Å². The molecule has 0 aromatic heterocycles. The van der Waals surface area contributed by atoms with Gasteiger partial charge in [-0.15, -0.1) is 0 Å². The van der Waals surface area contributed by atoms with Gasteiger partial charge in [0.25, 0.3) is 0 Å². The molecule has 2 saturated heterocycles. The lowest BCUT2D eigenvalue weighted by atomic mass is 10.0. The number of rotatable bonds is 8. The second-order valence-corrected chi connectivity index (χ2v) is 10.6. The van der Waals surface area contributed by atoms with E-state index in [1.165, 1.54) is 0 Å². The smallest absolute Gasteiger partial charge is 0.247 e. The van der Waals surface area contributed by atoms with Crippen molar-refractivity contribution in [3.05, 3.63) is 71.3 Å². The molecule has 0 bridgehead atoms. The molecule has 4 atom stereocenters. The fraction of sp³-hybridized carbons (Fsp3) is 0.467. The molecule has 9 nitrogen and oxygen atoms in total. The van der Waals surface area contributed by atoms with Crippen molar-refractivity contribution in [2.45, 2.75) is 70.2 Å². The summed E-state index contributed by atoms with van der Waals surface area (Å²) >= 11 is 0. The Labute approximate surface area is 230 Å². The standard InChI is InChI=1S/C30H39N5O4/c1-20-9-11-23(12-10-20)18-32-29(38)26-14-13-24-15-16-34(27(36)17-22-7-5-4-6-8-22)19-25(30(39)35(24)26)33-28(37)21(2)31-3/h4-12,21,24-26,31H,13-19H2,1-3H3,(H,32,38)(H,33,37)/t21-,24+,25-,26-/m0/s1. The molecule has 3 N–H and O–H groups in total. The summed E-state index contributed by atoms with van der Waals surface area (Å²) in [6.45, 7) is 4.61. The number of nitrogens with zero attached hydrogens (tertiary/aromatic N) is 2. The van der Waals surface area contributed by atoms with Crippen LogP contribution >= 0.6 is 0 Å². The summed E-state index contributed by atoms with van der Waals surface area (Å²) in [6.07, 6.45) is 2.02. The van der Waals surface area contributed by atoms with Crippen LogP contribution in [0.15, 0.2) is 54.6 Å². The maximum atomic E-state index is 14.0. The molecule has 4 rings (SSSR count). The topological polar surface area (TPSA) is 111 Å². The van der Waals surface area contributed by atoms with Gasteiger partial charge in [-0.2, -0.15) is 0 Å². The minimum absolute atomic E-state index is 0.0631. The SMILES string of the molecule is CN[C@@H](C)C(=O)N[C@H]1CN(C(=O)Cc2ccccc2)CC[C@H]2CC[C@@H](C(=O)NCc3ccc(C)cc3)N2C1=O. The van der Waals surface area contributed by atoms with Crippen molar-refractivity contribution in [3.63, 3.8) is 0 Å². The predicted octanol–water partition coefficient (Wildman–Crippen LogP) is 1.54. The Morgan fingerprint density at radius 1 is 0.974 bits per heavy atom. The number of fused-ring (bicyclic) bond motifs is 1. The number of nitrogens with one attached hydrogen (secondary N) is 3. The Kier molecular flexibility index (Phi) is 9.35. The molecular formula is C30H39N5O4. The summed E-state index contributed by atoms with van der Waals surface area (Å²) in [5, 5.41) is 8.74. The first-order valence-corrected chi connectivity index (χ1v) is 13.7. The van der Waals surface area contributed by atoms with E-state index in [2.05, 4.69) is 16.0 Å². The van der Waals surface area contributed by atoms with Crippen LogP contribution in [0.2, 0.25) is 0 Å². The van der Waals surface area contributed by atoms with Crippen molar-refractivity contribution in [1.29, 1.82) is 0 Å². The Morgan fingerprint density at radius 3 is 2.38 bits per heavy atom. The summed E-state index contributed by atoms with van der Waals surface area (Å²) in [6, 6.07) is 15.2. The van der Waals surface area contributed by atoms with Gasteiger partial charge in [0.05, 0.1) is 12.5 Å². The molecule has 2 heterocycles. The number of carbonyl (C=O) groups excluding carboxylic acids is 4. The van der Waals surface area contributed by atoms with E-state index in [9.17, 15) is 19.2 Å². The Bertz CT molecular complexity index is 1170. The number of amides is 4. The lowest BCUT2D eigenvalue weighted by molar-refractivity contribution is -0.147. The fourth-order valence-electron chi connectivity index (χ4n) is 5.29. The molecule has 0 spiro atoms. The second kappa shape index (κ2) is 12.9. The Morgan fingerprint density at radius 2 is 1.69 bits per heavy atom. The van der Waals surface area contributed by atoms with Gasteiger partial charge < -0.3 is 25.8 Å². The Hall–Kier alpha value is -3.72. The highest BCUT2D eigenvalue weighted by Crippen LogP contribution is 2.29. The largest absolute Gasteiger partial charge is 0.350 e. The molecule has 9 heteroatoms. The van der Waals surface area contributed by atoms with Crippen molar-refractivity contribution in [2.24, 2.45) is 0 Å². The van der Waals surface area contributed by atoms with Crippen LogP contribution in [0.25, 0.3) is 0 Å². The number of likely N-dealkylation sites (N-methyl/N-ethyl adjacent to an activating group) is 1. The summed E-state index contributed by atoms with van der Waals surface area (Å²) in [5.41, 5.74) is 3.03. The zero-order valence-electron chi connectivity index (χ0n) is 23.0. The Balaban J connectivity index is 1.51. The maximum absolute atomic E-state index is 14.0. The van der Waals surface area contributed by atoms with Gasteiger partial charge in [-0.25, -0.2) is 0 Å². The van der Waals surface area contributed by atoms with E-state index >= 15 is 0 Å². The average molecular weight is 534 g/mol.